The van der Waals surface area contributed by atoms with Crippen molar-refractivity contribution < 1.29 is 8.81 Å². The van der Waals surface area contributed by atoms with E-state index in [2.05, 4.69) is 18.3 Å². The molecule has 0 aliphatic heterocycles. The second kappa shape index (κ2) is 6.10. The van der Waals surface area contributed by atoms with Crippen LogP contribution in [-0.2, 0) is 6.42 Å². The van der Waals surface area contributed by atoms with E-state index in [1.54, 1.807) is 12.1 Å². The first kappa shape index (κ1) is 13.8. The number of hydrogen-bond donors (Lipinski definition) is 1. The molecule has 108 valence electrons. The maximum atomic E-state index is 13.1. The Morgan fingerprint density at radius 2 is 1.95 bits per heavy atom. The normalized spacial score (nSPS) is 12.7. The largest absolute Gasteiger partial charge is 0.459 e. The molecule has 0 fully saturated rings. The van der Waals surface area contributed by atoms with Crippen molar-refractivity contribution in [3.05, 3.63) is 71.7 Å². The fourth-order valence-corrected chi connectivity index (χ4v) is 2.44. The Labute approximate surface area is 123 Å². The second-order valence-electron chi connectivity index (χ2n) is 5.24. The molecule has 1 unspecified atom stereocenters. The van der Waals surface area contributed by atoms with Crippen molar-refractivity contribution in [2.24, 2.45) is 0 Å². The van der Waals surface area contributed by atoms with Crippen molar-refractivity contribution >= 4 is 11.0 Å². The maximum absolute atomic E-state index is 13.1. The third-order valence-corrected chi connectivity index (χ3v) is 3.62. The van der Waals surface area contributed by atoms with Gasteiger partial charge >= 0.3 is 0 Å². The molecule has 0 aliphatic rings. The third-order valence-electron chi connectivity index (χ3n) is 3.62. The number of rotatable bonds is 5. The van der Waals surface area contributed by atoms with E-state index >= 15 is 0 Å². The number of halogens is 1. The van der Waals surface area contributed by atoms with E-state index in [0.29, 0.717) is 0 Å². The molecule has 0 amide bonds. The molecule has 3 rings (SSSR count). The summed E-state index contributed by atoms with van der Waals surface area (Å²) in [6.07, 6.45) is 0.794. The van der Waals surface area contributed by atoms with E-state index in [1.165, 1.54) is 6.07 Å². The lowest BCUT2D eigenvalue weighted by Crippen LogP contribution is -2.20. The SMILES string of the molecule is CC(NCCc1cccc(F)c1)c1cc2ccccc2o1. The van der Waals surface area contributed by atoms with Crippen LogP contribution in [0.4, 0.5) is 4.39 Å². The molecule has 3 aromatic rings. The summed E-state index contributed by atoms with van der Waals surface area (Å²) in [5, 5.41) is 4.53. The summed E-state index contributed by atoms with van der Waals surface area (Å²) < 4.78 is 18.9. The molecule has 2 aromatic carbocycles. The number of furan rings is 1. The summed E-state index contributed by atoms with van der Waals surface area (Å²) in [6, 6.07) is 16.9. The number of nitrogens with one attached hydrogen (secondary N) is 1. The minimum atomic E-state index is -0.183. The monoisotopic (exact) mass is 283 g/mol. The van der Waals surface area contributed by atoms with Crippen LogP contribution in [0.25, 0.3) is 11.0 Å². The summed E-state index contributed by atoms with van der Waals surface area (Å²) in [6.45, 7) is 2.85. The van der Waals surface area contributed by atoms with Gasteiger partial charge in [-0.2, -0.15) is 0 Å². The zero-order chi connectivity index (χ0) is 14.7. The summed E-state index contributed by atoms with van der Waals surface area (Å²) in [7, 11) is 0. The quantitative estimate of drug-likeness (QED) is 0.747. The molecule has 1 aromatic heterocycles. The van der Waals surface area contributed by atoms with Gasteiger partial charge in [0.1, 0.15) is 17.2 Å². The lowest BCUT2D eigenvalue weighted by atomic mass is 10.1. The van der Waals surface area contributed by atoms with E-state index in [4.69, 9.17) is 4.42 Å². The lowest BCUT2D eigenvalue weighted by Gasteiger charge is -2.11. The first-order valence-corrected chi connectivity index (χ1v) is 7.19. The molecule has 1 atom stereocenters. The van der Waals surface area contributed by atoms with Crippen LogP contribution in [-0.4, -0.2) is 6.54 Å². The van der Waals surface area contributed by atoms with Gasteiger partial charge in [0.15, 0.2) is 0 Å². The van der Waals surface area contributed by atoms with E-state index in [9.17, 15) is 4.39 Å². The summed E-state index contributed by atoms with van der Waals surface area (Å²) in [5.74, 6) is 0.744. The molecule has 0 saturated carbocycles. The molecule has 0 bridgehead atoms. The number of hydrogen-bond acceptors (Lipinski definition) is 2. The summed E-state index contributed by atoms with van der Waals surface area (Å²) in [4.78, 5) is 0. The van der Waals surface area contributed by atoms with Crippen LogP contribution >= 0.6 is 0 Å². The van der Waals surface area contributed by atoms with Crippen LogP contribution in [0.3, 0.4) is 0 Å². The van der Waals surface area contributed by atoms with Crippen LogP contribution < -0.4 is 5.32 Å². The summed E-state index contributed by atoms with van der Waals surface area (Å²) >= 11 is 0. The lowest BCUT2D eigenvalue weighted by molar-refractivity contribution is 0.453. The molecule has 0 saturated heterocycles. The van der Waals surface area contributed by atoms with Gasteiger partial charge in [-0.1, -0.05) is 30.3 Å². The number of benzene rings is 2. The van der Waals surface area contributed by atoms with Gasteiger partial charge in [-0.15, -0.1) is 0 Å². The van der Waals surface area contributed by atoms with Crippen LogP contribution in [0.1, 0.15) is 24.3 Å². The van der Waals surface area contributed by atoms with Crippen LogP contribution in [0.15, 0.2) is 59.0 Å². The average Bonchev–Trinajstić information content (AvgIpc) is 2.91. The standard InChI is InChI=1S/C18H18FNO/c1-13(18-12-15-6-2-3-8-17(15)21-18)20-10-9-14-5-4-7-16(19)11-14/h2-8,11-13,20H,9-10H2,1H3. The van der Waals surface area contributed by atoms with Crippen LogP contribution in [0.2, 0.25) is 0 Å². The molecular weight excluding hydrogens is 265 g/mol. The summed E-state index contributed by atoms with van der Waals surface area (Å²) in [5.41, 5.74) is 1.91. The Kier molecular flexibility index (Phi) is 4.02. The molecule has 2 nitrogen and oxygen atoms in total. The molecule has 0 spiro atoms. The first-order valence-electron chi connectivity index (χ1n) is 7.19. The molecule has 1 N–H and O–H groups in total. The van der Waals surface area contributed by atoms with E-state index < -0.39 is 0 Å². The van der Waals surface area contributed by atoms with Gasteiger partial charge in [0.25, 0.3) is 0 Å². The van der Waals surface area contributed by atoms with Crippen molar-refractivity contribution in [1.29, 1.82) is 0 Å². The highest BCUT2D eigenvalue weighted by Gasteiger charge is 2.10. The van der Waals surface area contributed by atoms with Crippen molar-refractivity contribution in [3.8, 4) is 0 Å². The fraction of sp³-hybridized carbons (Fsp3) is 0.222. The zero-order valence-electron chi connectivity index (χ0n) is 12.0. The Bertz CT molecular complexity index is 702. The molecule has 21 heavy (non-hydrogen) atoms. The highest BCUT2D eigenvalue weighted by atomic mass is 19.1. The molecule has 0 aliphatic carbocycles. The zero-order valence-corrected chi connectivity index (χ0v) is 12.0. The van der Waals surface area contributed by atoms with Crippen molar-refractivity contribution in [3.63, 3.8) is 0 Å². The first-order chi connectivity index (χ1) is 10.2. The van der Waals surface area contributed by atoms with Crippen LogP contribution in [0.5, 0.6) is 0 Å². The highest BCUT2D eigenvalue weighted by Crippen LogP contribution is 2.23. The predicted octanol–water partition coefficient (Wildman–Crippen LogP) is 4.47. The Hall–Kier alpha value is -2.13. The predicted molar refractivity (Wildman–Crippen MR) is 82.7 cm³/mol. The van der Waals surface area contributed by atoms with Gasteiger partial charge in [0.05, 0.1) is 6.04 Å². The average molecular weight is 283 g/mol. The van der Waals surface area contributed by atoms with E-state index in [1.807, 2.05) is 30.3 Å². The fourth-order valence-electron chi connectivity index (χ4n) is 2.44. The smallest absolute Gasteiger partial charge is 0.134 e. The topological polar surface area (TPSA) is 25.2 Å². The van der Waals surface area contributed by atoms with Gasteiger partial charge in [-0.3, -0.25) is 0 Å². The minimum Gasteiger partial charge on any atom is -0.459 e. The molecule has 3 heteroatoms. The molecule has 0 radical (unpaired) electrons. The highest BCUT2D eigenvalue weighted by molar-refractivity contribution is 5.77. The van der Waals surface area contributed by atoms with Gasteiger partial charge in [0.2, 0.25) is 0 Å². The second-order valence-corrected chi connectivity index (χ2v) is 5.24. The van der Waals surface area contributed by atoms with E-state index in [-0.39, 0.29) is 11.9 Å². The third kappa shape index (κ3) is 3.31. The Morgan fingerprint density at radius 1 is 1.10 bits per heavy atom. The van der Waals surface area contributed by atoms with Gasteiger partial charge < -0.3 is 9.73 Å². The van der Waals surface area contributed by atoms with Crippen LogP contribution in [0, 0.1) is 5.82 Å². The van der Waals surface area contributed by atoms with Gasteiger partial charge in [0, 0.05) is 5.39 Å². The maximum Gasteiger partial charge on any atom is 0.134 e. The number of fused-ring (bicyclic) bond motifs is 1. The van der Waals surface area contributed by atoms with Gasteiger partial charge in [-0.25, -0.2) is 4.39 Å². The van der Waals surface area contributed by atoms with Crippen molar-refractivity contribution in [2.75, 3.05) is 6.54 Å². The Balaban J connectivity index is 1.60. The Morgan fingerprint density at radius 3 is 2.76 bits per heavy atom. The number of para-hydroxylation sites is 1. The van der Waals surface area contributed by atoms with Crippen molar-refractivity contribution in [2.45, 2.75) is 19.4 Å². The molecular formula is C18H18FNO. The minimum absolute atomic E-state index is 0.131. The van der Waals surface area contributed by atoms with Gasteiger partial charge in [-0.05, 0) is 49.7 Å². The van der Waals surface area contributed by atoms with E-state index in [0.717, 1.165) is 35.3 Å². The molecule has 1 heterocycles. The van der Waals surface area contributed by atoms with Crippen molar-refractivity contribution in [1.82, 2.24) is 5.32 Å².